The van der Waals surface area contributed by atoms with Gasteiger partial charge in [0.2, 0.25) is 0 Å². The Morgan fingerprint density at radius 3 is 1.60 bits per heavy atom. The topological polar surface area (TPSA) is 36.4 Å². The zero-order valence-electron chi connectivity index (χ0n) is 25.5. The quantitative estimate of drug-likeness (QED) is 0.0884. The van der Waals surface area contributed by atoms with Gasteiger partial charge in [0.05, 0.1) is 11.1 Å². The molecule has 5 aromatic carbocycles. The maximum absolute atomic E-state index is 10.7. The summed E-state index contributed by atoms with van der Waals surface area (Å²) in [7, 11) is 0. The molecular weight excluding hydrogens is 529 g/mol. The van der Waals surface area contributed by atoms with E-state index < -0.39 is 0 Å². The lowest BCUT2D eigenvalue weighted by Gasteiger charge is -2.24. The van der Waals surface area contributed by atoms with Crippen LogP contribution in [0.1, 0.15) is 59.7 Å². The Balaban J connectivity index is 1.68. The molecule has 208 valence electrons. The van der Waals surface area contributed by atoms with E-state index in [9.17, 15) is 5.53 Å². The van der Waals surface area contributed by atoms with Crippen molar-refractivity contribution in [3.63, 3.8) is 0 Å². The number of hydrogen-bond acceptors (Lipinski definition) is 1. The molecule has 0 aliphatic carbocycles. The first-order chi connectivity index (χ1) is 20.1. The minimum atomic E-state index is 0.0727. The Kier molecular flexibility index (Phi) is 6.97. The van der Waals surface area contributed by atoms with Crippen molar-refractivity contribution in [2.24, 2.45) is 0 Å². The molecule has 6 rings (SSSR count). The molecule has 0 saturated carbocycles. The first-order valence-electron chi connectivity index (χ1n) is 14.5. The first kappa shape index (κ1) is 27.8. The Morgan fingerprint density at radius 2 is 1.14 bits per heavy atom. The van der Waals surface area contributed by atoms with Gasteiger partial charge in [-0.2, -0.15) is 4.79 Å². The van der Waals surface area contributed by atoms with Gasteiger partial charge in [0, 0.05) is 4.88 Å². The summed E-state index contributed by atoms with van der Waals surface area (Å²) >= 11 is 1.74. The number of benzene rings is 5. The van der Waals surface area contributed by atoms with E-state index in [1.165, 1.54) is 38.3 Å². The highest BCUT2D eigenvalue weighted by molar-refractivity contribution is 7.13. The molecule has 0 unspecified atom stereocenters. The standard InChI is InChI=1S/C39H36N2S/c1-23-19-27(33-17-12-18-42-33)20-24(2)35(23)38(41-40)37-31-15-10-8-13-29(31)36(30-14-9-11-16-32(30)37)34-25(3)21-28(22-26(34)4)39(5,6)7/h8-22H,1-7H3. The van der Waals surface area contributed by atoms with E-state index in [4.69, 9.17) is 0 Å². The van der Waals surface area contributed by atoms with Crippen molar-refractivity contribution in [3.05, 3.63) is 135 Å². The highest BCUT2D eigenvalue weighted by atomic mass is 32.1. The van der Waals surface area contributed by atoms with Crippen LogP contribution in [-0.2, 0) is 5.41 Å². The van der Waals surface area contributed by atoms with E-state index in [2.05, 4.69) is 144 Å². The van der Waals surface area contributed by atoms with E-state index in [1.54, 1.807) is 11.3 Å². The molecular formula is C39H36N2S. The summed E-state index contributed by atoms with van der Waals surface area (Å²) in [5, 5.41) is 6.59. The van der Waals surface area contributed by atoms with Gasteiger partial charge in [-0.05, 0) is 123 Å². The molecule has 0 N–H and O–H groups in total. The van der Waals surface area contributed by atoms with Crippen molar-refractivity contribution in [2.45, 2.75) is 53.9 Å². The van der Waals surface area contributed by atoms with E-state index >= 15 is 0 Å². The molecule has 3 heteroatoms. The minimum Gasteiger partial charge on any atom is -0.361 e. The lowest BCUT2D eigenvalue weighted by atomic mass is 9.79. The van der Waals surface area contributed by atoms with Crippen molar-refractivity contribution in [2.75, 3.05) is 0 Å². The van der Waals surface area contributed by atoms with Crippen molar-refractivity contribution in [1.82, 2.24) is 0 Å². The van der Waals surface area contributed by atoms with Crippen LogP contribution in [-0.4, -0.2) is 10.5 Å². The molecule has 0 amide bonds. The Hall–Kier alpha value is -4.30. The third kappa shape index (κ3) is 4.60. The molecule has 0 spiro atoms. The summed E-state index contributed by atoms with van der Waals surface area (Å²) in [6.45, 7) is 15.5. The number of rotatable bonds is 4. The largest absolute Gasteiger partial charge is 0.361 e. The van der Waals surface area contributed by atoms with Crippen molar-refractivity contribution >= 4 is 38.6 Å². The maximum atomic E-state index is 10.7. The molecule has 0 saturated heterocycles. The van der Waals surface area contributed by atoms with Gasteiger partial charge in [0.25, 0.3) is 0 Å². The van der Waals surface area contributed by atoms with Gasteiger partial charge in [-0.3, -0.25) is 0 Å². The molecule has 1 aromatic heterocycles. The lowest BCUT2D eigenvalue weighted by molar-refractivity contribution is -0.00264. The maximum Gasteiger partial charge on any atom is 0.331 e. The summed E-state index contributed by atoms with van der Waals surface area (Å²) in [4.78, 5) is 5.27. The number of hydrogen-bond donors (Lipinski definition) is 0. The number of aryl methyl sites for hydroxylation is 4. The van der Waals surface area contributed by atoms with Gasteiger partial charge in [-0.15, -0.1) is 11.3 Å². The predicted molar refractivity (Wildman–Crippen MR) is 181 cm³/mol. The fourth-order valence-corrected chi connectivity index (χ4v) is 7.31. The van der Waals surface area contributed by atoms with Crippen LogP contribution in [0.2, 0.25) is 0 Å². The van der Waals surface area contributed by atoms with Crippen LogP contribution in [0.4, 0.5) is 0 Å². The number of fused-ring (bicyclic) bond motifs is 2. The number of nitrogens with zero attached hydrogens (tertiary/aromatic N) is 2. The van der Waals surface area contributed by atoms with Crippen molar-refractivity contribution in [3.8, 4) is 21.6 Å². The molecule has 0 atom stereocenters. The van der Waals surface area contributed by atoms with Crippen LogP contribution in [0.3, 0.4) is 0 Å². The van der Waals surface area contributed by atoms with Crippen LogP contribution in [0.5, 0.6) is 0 Å². The fraction of sp³-hybridized carbons (Fsp3) is 0.205. The molecule has 0 radical (unpaired) electrons. The van der Waals surface area contributed by atoms with Crippen molar-refractivity contribution in [1.29, 1.82) is 0 Å². The second kappa shape index (κ2) is 10.5. The van der Waals surface area contributed by atoms with Crippen LogP contribution in [0, 0.1) is 27.7 Å². The predicted octanol–water partition coefficient (Wildman–Crippen LogP) is 11.0. The summed E-state index contributed by atoms with van der Waals surface area (Å²) in [5.74, 6) is 0. The fourth-order valence-electron chi connectivity index (χ4n) is 6.59. The zero-order chi connectivity index (χ0) is 29.8. The highest BCUT2D eigenvalue weighted by Gasteiger charge is 2.28. The van der Waals surface area contributed by atoms with Gasteiger partial charge in [-0.25, -0.2) is 0 Å². The van der Waals surface area contributed by atoms with Gasteiger partial charge in [0.15, 0.2) is 0 Å². The summed E-state index contributed by atoms with van der Waals surface area (Å²) < 4.78 is 0. The Morgan fingerprint density at radius 1 is 0.619 bits per heavy atom. The third-order valence-corrected chi connectivity index (χ3v) is 9.41. The summed E-state index contributed by atoms with van der Waals surface area (Å²) in [5.41, 5.74) is 23.1. The van der Waals surface area contributed by atoms with Crippen molar-refractivity contribution < 1.29 is 4.79 Å². The van der Waals surface area contributed by atoms with E-state index in [1.807, 2.05) is 0 Å². The number of thiophene rings is 1. The van der Waals surface area contributed by atoms with Gasteiger partial charge >= 0.3 is 5.71 Å². The monoisotopic (exact) mass is 564 g/mol. The third-order valence-electron chi connectivity index (χ3n) is 8.49. The molecule has 2 nitrogen and oxygen atoms in total. The Bertz CT molecular complexity index is 1950. The van der Waals surface area contributed by atoms with Gasteiger partial charge in [0.1, 0.15) is 0 Å². The van der Waals surface area contributed by atoms with Crippen LogP contribution in [0.15, 0.2) is 90.3 Å². The van der Waals surface area contributed by atoms with Gasteiger partial charge in [-0.1, -0.05) is 87.5 Å². The molecule has 42 heavy (non-hydrogen) atoms. The van der Waals surface area contributed by atoms with Crippen LogP contribution >= 0.6 is 11.3 Å². The van der Waals surface area contributed by atoms with Crippen LogP contribution in [0.25, 0.3) is 48.6 Å². The molecule has 0 bridgehead atoms. The molecule has 6 aromatic rings. The Labute approximate surface area is 252 Å². The average Bonchev–Trinajstić information content (AvgIpc) is 3.49. The smallest absolute Gasteiger partial charge is 0.331 e. The van der Waals surface area contributed by atoms with E-state index in [0.717, 1.165) is 43.8 Å². The molecule has 1 heterocycles. The zero-order valence-corrected chi connectivity index (χ0v) is 26.3. The average molecular weight is 565 g/mol. The molecule has 0 aliphatic heterocycles. The molecule has 0 fully saturated rings. The highest BCUT2D eigenvalue weighted by Crippen LogP contribution is 2.44. The summed E-state index contributed by atoms with van der Waals surface area (Å²) in [6.07, 6.45) is 0. The normalized spacial score (nSPS) is 11.7. The van der Waals surface area contributed by atoms with Gasteiger partial charge < -0.3 is 5.53 Å². The lowest BCUT2D eigenvalue weighted by Crippen LogP contribution is -2.13. The van der Waals surface area contributed by atoms with E-state index in [0.29, 0.717) is 5.71 Å². The second-order valence-electron chi connectivity index (χ2n) is 12.5. The summed E-state index contributed by atoms with van der Waals surface area (Å²) in [6, 6.07) is 30.5. The minimum absolute atomic E-state index is 0.0727. The van der Waals surface area contributed by atoms with E-state index in [-0.39, 0.29) is 5.41 Å². The first-order valence-corrected chi connectivity index (χ1v) is 15.4. The second-order valence-corrected chi connectivity index (χ2v) is 13.4. The van der Waals surface area contributed by atoms with Crippen LogP contribution < -0.4 is 0 Å². The SMILES string of the molecule is Cc1cc(-c2cccs2)cc(C)c1C(=[N+]=[N-])c1c2ccccc2c(-c2c(C)cc(C(C)(C)C)cc2C)c2ccccc12. The molecule has 0 aliphatic rings.